The third-order valence-corrected chi connectivity index (χ3v) is 4.85. The third-order valence-electron chi connectivity index (χ3n) is 3.57. The fourth-order valence-electron chi connectivity index (χ4n) is 2.54. The van der Waals surface area contributed by atoms with Crippen molar-refractivity contribution in [2.75, 3.05) is 4.41 Å². The fraction of sp³-hybridized carbons (Fsp3) is 0.533. The second-order valence-corrected chi connectivity index (χ2v) is 8.90. The molecule has 10 nitrogen and oxygen atoms in total. The Kier molecular flexibility index (Phi) is 7.89. The van der Waals surface area contributed by atoms with E-state index in [-0.39, 0.29) is 15.9 Å². The summed E-state index contributed by atoms with van der Waals surface area (Å²) in [6, 6.07) is 3.07. The van der Waals surface area contributed by atoms with Gasteiger partial charge in [0.25, 0.3) is 0 Å². The first-order valence-corrected chi connectivity index (χ1v) is 11.0. The highest BCUT2D eigenvalue weighted by Crippen LogP contribution is 2.26. The van der Waals surface area contributed by atoms with Crippen molar-refractivity contribution in [3.8, 4) is 0 Å². The van der Waals surface area contributed by atoms with Gasteiger partial charge in [0, 0.05) is 5.56 Å². The summed E-state index contributed by atoms with van der Waals surface area (Å²) in [5.74, 6) is -0.540. The van der Waals surface area contributed by atoms with Crippen LogP contribution in [0.5, 0.6) is 0 Å². The SMILES string of the molecule is CCCc1ccc(N(NS(=O)(=O)O)S(=O)(=O)O)c(C(=O)[C@@H](N)CC(C)C)c1. The molecule has 0 aromatic heterocycles. The number of nitrogens with two attached hydrogens (primary N) is 1. The number of carbonyl (C=O) groups is 1. The highest BCUT2D eigenvalue weighted by atomic mass is 32.2. The van der Waals surface area contributed by atoms with Gasteiger partial charge in [0.05, 0.1) is 11.7 Å². The number of hydrogen-bond donors (Lipinski definition) is 4. The van der Waals surface area contributed by atoms with Gasteiger partial charge in [0.1, 0.15) is 0 Å². The van der Waals surface area contributed by atoms with E-state index in [0.717, 1.165) is 12.5 Å². The zero-order valence-corrected chi connectivity index (χ0v) is 16.9. The van der Waals surface area contributed by atoms with E-state index in [1.807, 2.05) is 20.8 Å². The lowest BCUT2D eigenvalue weighted by Gasteiger charge is -2.23. The molecule has 27 heavy (non-hydrogen) atoms. The minimum Gasteiger partial charge on any atom is -0.321 e. The highest BCUT2D eigenvalue weighted by molar-refractivity contribution is 7.89. The molecule has 1 rings (SSSR count). The molecule has 1 aromatic carbocycles. The summed E-state index contributed by atoms with van der Waals surface area (Å²) in [6.45, 7) is 5.61. The van der Waals surface area contributed by atoms with Gasteiger partial charge in [-0.1, -0.05) is 38.1 Å². The maximum Gasteiger partial charge on any atom is 0.374 e. The average Bonchev–Trinajstić information content (AvgIpc) is 2.50. The van der Waals surface area contributed by atoms with Crippen LogP contribution in [0.25, 0.3) is 0 Å². The van der Waals surface area contributed by atoms with Gasteiger partial charge in [-0.3, -0.25) is 13.9 Å². The van der Waals surface area contributed by atoms with Gasteiger partial charge in [-0.05, 0) is 36.5 Å². The van der Waals surface area contributed by atoms with Gasteiger partial charge in [-0.15, -0.1) is 0 Å². The van der Waals surface area contributed by atoms with Gasteiger partial charge in [0.15, 0.2) is 5.78 Å². The summed E-state index contributed by atoms with van der Waals surface area (Å²) in [4.78, 5) is 14.1. The Balaban J connectivity index is 3.57. The summed E-state index contributed by atoms with van der Waals surface area (Å²) in [7, 11) is -10.3. The molecule has 0 heterocycles. The number of rotatable bonds is 10. The predicted molar refractivity (Wildman–Crippen MR) is 101 cm³/mol. The number of ketones is 1. The van der Waals surface area contributed by atoms with Crippen molar-refractivity contribution in [2.45, 2.75) is 46.1 Å². The first-order valence-electron chi connectivity index (χ1n) is 8.21. The first kappa shape index (κ1) is 23.5. The van der Waals surface area contributed by atoms with E-state index in [9.17, 15) is 26.2 Å². The molecule has 0 amide bonds. The van der Waals surface area contributed by atoms with Crippen molar-refractivity contribution >= 4 is 32.1 Å². The van der Waals surface area contributed by atoms with Crippen molar-refractivity contribution in [3.63, 3.8) is 0 Å². The van der Waals surface area contributed by atoms with Gasteiger partial charge in [-0.2, -0.15) is 21.2 Å². The molecule has 0 unspecified atom stereocenters. The van der Waals surface area contributed by atoms with E-state index < -0.39 is 38.1 Å². The molecule has 154 valence electrons. The van der Waals surface area contributed by atoms with Crippen LogP contribution in [0.2, 0.25) is 0 Å². The zero-order chi connectivity index (χ0) is 21.0. The van der Waals surface area contributed by atoms with Crippen LogP contribution in [-0.4, -0.2) is 37.8 Å². The summed E-state index contributed by atoms with van der Waals surface area (Å²) < 4.78 is 63.6. The Labute approximate surface area is 159 Å². The molecule has 12 heteroatoms. The molecule has 0 saturated carbocycles. The van der Waals surface area contributed by atoms with E-state index in [0.29, 0.717) is 18.4 Å². The van der Waals surface area contributed by atoms with Gasteiger partial charge in [-0.25, -0.2) is 0 Å². The van der Waals surface area contributed by atoms with E-state index in [2.05, 4.69) is 0 Å². The van der Waals surface area contributed by atoms with Crippen LogP contribution in [0.15, 0.2) is 18.2 Å². The largest absolute Gasteiger partial charge is 0.374 e. The van der Waals surface area contributed by atoms with Crippen molar-refractivity contribution in [1.82, 2.24) is 4.83 Å². The number of benzene rings is 1. The molecule has 0 aliphatic carbocycles. The minimum absolute atomic E-state index is 0.0832. The number of nitrogens with zero attached hydrogens (tertiary/aromatic N) is 1. The molecule has 0 aliphatic rings. The van der Waals surface area contributed by atoms with Crippen LogP contribution in [0, 0.1) is 5.92 Å². The van der Waals surface area contributed by atoms with Crippen molar-refractivity contribution in [2.24, 2.45) is 11.7 Å². The zero-order valence-electron chi connectivity index (χ0n) is 15.3. The standard InChI is InChI=1S/C15H25N3O7S2/c1-4-5-11-6-7-14(18(27(23,24)25)17-26(20,21)22)12(9-11)15(19)13(16)8-10(2)3/h6-7,9-10,13,17H,4-5,8,16H2,1-3H3,(H,20,21,22)(H,23,24,25)/t13-/m0/s1. The average molecular weight is 424 g/mol. The summed E-state index contributed by atoms with van der Waals surface area (Å²) in [5.41, 5.74) is 5.94. The fourth-order valence-corrected chi connectivity index (χ4v) is 3.92. The number of hydrogen-bond acceptors (Lipinski definition) is 6. The van der Waals surface area contributed by atoms with E-state index in [1.165, 1.54) is 17.0 Å². The second-order valence-electron chi connectivity index (χ2n) is 6.51. The monoisotopic (exact) mass is 423 g/mol. The van der Waals surface area contributed by atoms with Crippen molar-refractivity contribution in [3.05, 3.63) is 29.3 Å². The molecule has 0 fully saturated rings. The number of nitrogens with one attached hydrogen (secondary N) is 1. The normalized spacial score (nSPS) is 13.6. The lowest BCUT2D eigenvalue weighted by atomic mass is 9.94. The molecular weight excluding hydrogens is 398 g/mol. The quantitative estimate of drug-likeness (QED) is 0.246. The van der Waals surface area contributed by atoms with E-state index in [1.54, 1.807) is 0 Å². The van der Waals surface area contributed by atoms with Crippen molar-refractivity contribution in [1.29, 1.82) is 0 Å². The van der Waals surface area contributed by atoms with Crippen LogP contribution < -0.4 is 15.0 Å². The Morgan fingerprint density at radius 2 is 1.81 bits per heavy atom. The Hall–Kier alpha value is -1.57. The van der Waals surface area contributed by atoms with Gasteiger partial charge >= 0.3 is 20.6 Å². The summed E-state index contributed by atoms with van der Waals surface area (Å²) in [5, 5.41) is 0. The predicted octanol–water partition coefficient (Wildman–Crippen LogP) is 1.11. The Morgan fingerprint density at radius 1 is 1.22 bits per heavy atom. The summed E-state index contributed by atoms with van der Waals surface area (Å²) >= 11 is 0. The Bertz CT molecular complexity index is 883. The first-order chi connectivity index (χ1) is 12.3. The topological polar surface area (TPSA) is 167 Å². The number of hydrazine groups is 1. The maximum absolute atomic E-state index is 12.8. The molecule has 0 bridgehead atoms. The third kappa shape index (κ3) is 7.16. The molecule has 0 spiro atoms. The number of anilines is 1. The van der Waals surface area contributed by atoms with Gasteiger partial charge in [0.2, 0.25) is 0 Å². The molecule has 1 aromatic rings. The smallest absolute Gasteiger partial charge is 0.321 e. The lowest BCUT2D eigenvalue weighted by Crippen LogP contribution is -2.47. The van der Waals surface area contributed by atoms with Crippen molar-refractivity contribution < 1.29 is 30.7 Å². The molecule has 0 aliphatic heterocycles. The van der Waals surface area contributed by atoms with E-state index >= 15 is 0 Å². The van der Waals surface area contributed by atoms with E-state index in [4.69, 9.17) is 10.3 Å². The van der Waals surface area contributed by atoms with Crippen LogP contribution in [0.3, 0.4) is 0 Å². The van der Waals surface area contributed by atoms with Crippen LogP contribution in [0.4, 0.5) is 5.69 Å². The highest BCUT2D eigenvalue weighted by Gasteiger charge is 2.30. The molecule has 0 radical (unpaired) electrons. The molecule has 5 N–H and O–H groups in total. The molecule has 0 saturated heterocycles. The lowest BCUT2D eigenvalue weighted by molar-refractivity contribution is 0.0951. The molecular formula is C15H25N3O7S2. The summed E-state index contributed by atoms with van der Waals surface area (Å²) in [6.07, 6.45) is 1.64. The number of carbonyl (C=O) groups excluding carboxylic acids is 1. The van der Waals surface area contributed by atoms with Crippen LogP contribution in [-0.2, 0) is 27.0 Å². The maximum atomic E-state index is 12.8. The number of aryl methyl sites for hydroxylation is 1. The second kappa shape index (κ2) is 9.08. The van der Waals surface area contributed by atoms with Crippen LogP contribution in [0.1, 0.15) is 49.5 Å². The van der Waals surface area contributed by atoms with Gasteiger partial charge < -0.3 is 5.73 Å². The van der Waals surface area contributed by atoms with Crippen LogP contribution >= 0.6 is 0 Å². The molecule has 1 atom stereocenters. The number of Topliss-reactive ketones (excluding diaryl/α,β-unsaturated/α-hetero) is 1. The minimum atomic E-state index is -5.19. The Morgan fingerprint density at radius 3 is 2.26 bits per heavy atom.